The zero-order chi connectivity index (χ0) is 15.8. The highest BCUT2D eigenvalue weighted by Gasteiger charge is 2.27. The number of ether oxygens (including phenoxy) is 2. The van der Waals surface area contributed by atoms with Crippen LogP contribution in [0.5, 0.6) is 5.75 Å². The molecule has 0 saturated carbocycles. The summed E-state index contributed by atoms with van der Waals surface area (Å²) < 4.78 is 24.1. The first-order valence-electron chi connectivity index (χ1n) is 7.35. The molecule has 2 heterocycles. The van der Waals surface area contributed by atoms with Gasteiger partial charge in [0.25, 0.3) is 0 Å². The maximum absolute atomic E-state index is 12.9. The number of rotatable bonds is 4. The van der Waals surface area contributed by atoms with Crippen molar-refractivity contribution in [2.75, 3.05) is 6.61 Å². The van der Waals surface area contributed by atoms with Crippen LogP contribution in [-0.2, 0) is 11.3 Å². The average Bonchev–Trinajstić information content (AvgIpc) is 3.39. The summed E-state index contributed by atoms with van der Waals surface area (Å²) in [5.41, 5.74) is 2.38. The summed E-state index contributed by atoms with van der Waals surface area (Å²) in [7, 11) is 0. The minimum atomic E-state index is -0.280. The molecule has 0 aliphatic carbocycles. The Morgan fingerprint density at radius 3 is 2.65 bits per heavy atom. The lowest BCUT2D eigenvalue weighted by atomic mass is 10.1. The quantitative estimate of drug-likeness (QED) is 0.752. The molecule has 5 heteroatoms. The van der Waals surface area contributed by atoms with Gasteiger partial charge >= 0.3 is 0 Å². The fraction of sp³-hybridized carbons (Fsp3) is 0.167. The maximum atomic E-state index is 12.9. The van der Waals surface area contributed by atoms with Crippen LogP contribution in [-0.4, -0.2) is 11.6 Å². The van der Waals surface area contributed by atoms with Crippen molar-refractivity contribution in [3.8, 4) is 5.75 Å². The van der Waals surface area contributed by atoms with Crippen molar-refractivity contribution in [1.29, 1.82) is 0 Å². The molecule has 116 valence electrons. The minimum absolute atomic E-state index is 0.0922. The summed E-state index contributed by atoms with van der Waals surface area (Å²) >= 11 is 0. The van der Waals surface area contributed by atoms with Crippen molar-refractivity contribution in [3.05, 3.63) is 75.8 Å². The monoisotopic (exact) mass is 311 g/mol. The number of benzene rings is 2. The Kier molecular flexibility index (Phi) is 3.35. The Balaban J connectivity index is 1.69. The molecule has 0 amide bonds. The number of fused-ring (bicyclic) bond motifs is 1. The lowest BCUT2D eigenvalue weighted by Crippen LogP contribution is -2.05. The summed E-state index contributed by atoms with van der Waals surface area (Å²) in [6.07, 6.45) is 0.0922. The van der Waals surface area contributed by atoms with E-state index in [-0.39, 0.29) is 17.5 Å². The highest BCUT2D eigenvalue weighted by atomic mass is 19.1. The number of nitrogens with one attached hydrogen (secondary N) is 1. The standard InChI is InChI=1S/C18H14FNO3/c19-12-3-1-11(2-4-12)9-22-15-7-5-13(16-10-23-16)14-6-8-17(21)20-18(14)15/h1-8,16H,9-10H2,(H,20,21)/t16-/m1/s1. The fourth-order valence-electron chi connectivity index (χ4n) is 2.62. The van der Waals surface area contributed by atoms with Gasteiger partial charge in [0.2, 0.25) is 5.56 Å². The molecule has 1 atom stereocenters. The molecule has 1 saturated heterocycles. The Bertz CT molecular complexity index is 914. The predicted molar refractivity (Wildman–Crippen MR) is 84.0 cm³/mol. The van der Waals surface area contributed by atoms with Crippen molar-refractivity contribution in [3.63, 3.8) is 0 Å². The zero-order valence-corrected chi connectivity index (χ0v) is 12.2. The predicted octanol–water partition coefficient (Wildman–Crippen LogP) is 3.32. The second-order valence-electron chi connectivity index (χ2n) is 5.50. The molecule has 0 spiro atoms. The van der Waals surface area contributed by atoms with Gasteiger partial charge in [0.05, 0.1) is 12.1 Å². The van der Waals surface area contributed by atoms with Crippen molar-refractivity contribution < 1.29 is 13.9 Å². The number of H-pyrrole nitrogens is 1. The Labute approximate surface area is 131 Å². The van der Waals surface area contributed by atoms with Gasteiger partial charge in [-0.25, -0.2) is 4.39 Å². The second kappa shape index (κ2) is 5.52. The van der Waals surface area contributed by atoms with Crippen molar-refractivity contribution in [1.82, 2.24) is 4.98 Å². The Morgan fingerprint density at radius 2 is 1.91 bits per heavy atom. The molecule has 4 nitrogen and oxygen atoms in total. The van der Waals surface area contributed by atoms with E-state index in [2.05, 4.69) is 4.98 Å². The largest absolute Gasteiger partial charge is 0.487 e. The van der Waals surface area contributed by atoms with E-state index in [0.717, 1.165) is 16.5 Å². The van der Waals surface area contributed by atoms with Gasteiger partial charge in [-0.1, -0.05) is 18.2 Å². The summed E-state index contributed by atoms with van der Waals surface area (Å²) in [4.78, 5) is 14.5. The van der Waals surface area contributed by atoms with Crippen molar-refractivity contribution in [2.45, 2.75) is 12.7 Å². The van der Waals surface area contributed by atoms with Crippen LogP contribution in [0.2, 0.25) is 0 Å². The normalized spacial score (nSPS) is 16.5. The van der Waals surface area contributed by atoms with Gasteiger partial charge in [0.1, 0.15) is 24.3 Å². The van der Waals surface area contributed by atoms with Gasteiger partial charge in [-0.05, 0) is 35.4 Å². The van der Waals surface area contributed by atoms with Gasteiger partial charge in [-0.2, -0.15) is 0 Å². The molecule has 4 rings (SSSR count). The van der Waals surface area contributed by atoms with Gasteiger partial charge in [-0.3, -0.25) is 4.79 Å². The van der Waals surface area contributed by atoms with Crippen LogP contribution >= 0.6 is 0 Å². The van der Waals surface area contributed by atoms with Crippen molar-refractivity contribution >= 4 is 10.9 Å². The molecule has 1 fully saturated rings. The number of aromatic amines is 1. The highest BCUT2D eigenvalue weighted by Crippen LogP contribution is 2.37. The first kappa shape index (κ1) is 14.0. The highest BCUT2D eigenvalue weighted by molar-refractivity contribution is 5.88. The van der Waals surface area contributed by atoms with Crippen LogP contribution in [0.25, 0.3) is 10.9 Å². The molecule has 1 aliphatic rings. The molecule has 1 aromatic heterocycles. The van der Waals surface area contributed by atoms with E-state index in [1.165, 1.54) is 18.2 Å². The SMILES string of the molecule is O=c1ccc2c([C@H]3CO3)ccc(OCc3ccc(F)cc3)c2[nH]1. The third-order valence-corrected chi connectivity index (χ3v) is 3.88. The van der Waals surface area contributed by atoms with Gasteiger partial charge < -0.3 is 14.5 Å². The Morgan fingerprint density at radius 1 is 1.13 bits per heavy atom. The molecular weight excluding hydrogens is 297 g/mol. The van der Waals surface area contributed by atoms with Crippen LogP contribution in [0.1, 0.15) is 17.2 Å². The van der Waals surface area contributed by atoms with Crippen LogP contribution in [0.4, 0.5) is 4.39 Å². The molecule has 1 aliphatic heterocycles. The van der Waals surface area contributed by atoms with Gasteiger partial charge in [0, 0.05) is 11.5 Å². The van der Waals surface area contributed by atoms with Gasteiger partial charge in [-0.15, -0.1) is 0 Å². The topological polar surface area (TPSA) is 54.6 Å². The first-order chi connectivity index (χ1) is 11.2. The van der Waals surface area contributed by atoms with E-state index in [0.29, 0.717) is 24.5 Å². The summed E-state index contributed by atoms with van der Waals surface area (Å²) in [5, 5.41) is 0.920. The molecule has 3 aromatic rings. The van der Waals surface area contributed by atoms with Crippen LogP contribution in [0.3, 0.4) is 0 Å². The molecule has 0 unspecified atom stereocenters. The molecular formula is C18H14FNO3. The molecule has 0 radical (unpaired) electrons. The number of aromatic nitrogens is 1. The third-order valence-electron chi connectivity index (χ3n) is 3.88. The van der Waals surface area contributed by atoms with E-state index in [4.69, 9.17) is 9.47 Å². The lowest BCUT2D eigenvalue weighted by Gasteiger charge is -2.11. The molecule has 2 aromatic carbocycles. The summed E-state index contributed by atoms with van der Waals surface area (Å²) in [5.74, 6) is 0.309. The van der Waals surface area contributed by atoms with Crippen LogP contribution in [0, 0.1) is 5.82 Å². The molecule has 1 N–H and O–H groups in total. The smallest absolute Gasteiger partial charge is 0.248 e. The van der Waals surface area contributed by atoms with E-state index >= 15 is 0 Å². The number of pyridine rings is 1. The summed E-state index contributed by atoms with van der Waals surface area (Å²) in [6, 6.07) is 13.2. The van der Waals surface area contributed by atoms with E-state index in [1.54, 1.807) is 18.2 Å². The second-order valence-corrected chi connectivity index (χ2v) is 5.50. The number of halogens is 1. The van der Waals surface area contributed by atoms with E-state index in [9.17, 15) is 9.18 Å². The first-order valence-corrected chi connectivity index (χ1v) is 7.35. The Hall–Kier alpha value is -2.66. The number of hydrogen-bond acceptors (Lipinski definition) is 3. The number of hydrogen-bond donors (Lipinski definition) is 1. The third kappa shape index (κ3) is 2.83. The van der Waals surface area contributed by atoms with Gasteiger partial charge in [0.15, 0.2) is 0 Å². The maximum Gasteiger partial charge on any atom is 0.248 e. The number of epoxide rings is 1. The van der Waals surface area contributed by atoms with E-state index < -0.39 is 0 Å². The van der Waals surface area contributed by atoms with Crippen LogP contribution in [0.15, 0.2) is 53.3 Å². The lowest BCUT2D eigenvalue weighted by molar-refractivity contribution is 0.309. The molecule has 0 bridgehead atoms. The molecule has 23 heavy (non-hydrogen) atoms. The summed E-state index contributed by atoms with van der Waals surface area (Å²) in [6.45, 7) is 0.996. The minimum Gasteiger partial charge on any atom is -0.487 e. The zero-order valence-electron chi connectivity index (χ0n) is 12.2. The van der Waals surface area contributed by atoms with Crippen molar-refractivity contribution in [2.24, 2.45) is 0 Å². The van der Waals surface area contributed by atoms with Crippen LogP contribution < -0.4 is 10.3 Å². The van der Waals surface area contributed by atoms with E-state index in [1.807, 2.05) is 12.1 Å². The average molecular weight is 311 g/mol. The fourth-order valence-corrected chi connectivity index (χ4v) is 2.62.